The molecule has 2 N–H and O–H groups in total. The first-order valence-electron chi connectivity index (χ1n) is 7.34. The van der Waals surface area contributed by atoms with Crippen molar-refractivity contribution in [1.82, 2.24) is 20.5 Å². The van der Waals surface area contributed by atoms with Crippen molar-refractivity contribution < 1.29 is 0 Å². The lowest BCUT2D eigenvalue weighted by Gasteiger charge is -2.15. The first-order chi connectivity index (χ1) is 9.66. The zero-order valence-corrected chi connectivity index (χ0v) is 12.6. The molecular weight excluding hydrogens is 248 g/mol. The number of nitrogens with one attached hydrogen (secondary N) is 2. The topological polar surface area (TPSA) is 53.6 Å². The van der Waals surface area contributed by atoms with Crippen LogP contribution in [0.4, 0.5) is 0 Å². The van der Waals surface area contributed by atoms with Gasteiger partial charge in [0.2, 0.25) is 0 Å². The third kappa shape index (κ3) is 4.17. The summed E-state index contributed by atoms with van der Waals surface area (Å²) in [6.45, 7) is 7.63. The predicted octanol–water partition coefficient (Wildman–Crippen LogP) is 3.21. The maximum absolute atomic E-state index is 4.12. The first-order valence-corrected chi connectivity index (χ1v) is 7.34. The molecule has 4 heteroatoms. The van der Waals surface area contributed by atoms with E-state index < -0.39 is 0 Å². The maximum atomic E-state index is 4.12. The molecule has 0 aliphatic heterocycles. The highest BCUT2D eigenvalue weighted by Crippen LogP contribution is 2.18. The van der Waals surface area contributed by atoms with Crippen molar-refractivity contribution in [3.05, 3.63) is 47.5 Å². The lowest BCUT2D eigenvalue weighted by Crippen LogP contribution is -2.20. The van der Waals surface area contributed by atoms with E-state index in [1.54, 1.807) is 6.33 Å². The van der Waals surface area contributed by atoms with Crippen LogP contribution in [0.2, 0.25) is 0 Å². The van der Waals surface area contributed by atoms with Gasteiger partial charge in [-0.3, -0.25) is 5.10 Å². The van der Waals surface area contributed by atoms with E-state index in [1.807, 2.05) is 0 Å². The molecule has 4 nitrogen and oxygen atoms in total. The number of hydrogen-bond acceptors (Lipinski definition) is 3. The quantitative estimate of drug-likeness (QED) is 0.761. The Bertz CT molecular complexity index is 488. The van der Waals surface area contributed by atoms with Gasteiger partial charge in [-0.05, 0) is 36.9 Å². The minimum atomic E-state index is 0.380. The summed E-state index contributed by atoms with van der Waals surface area (Å²) in [5.41, 5.74) is 2.74. The van der Waals surface area contributed by atoms with Crippen molar-refractivity contribution in [3.63, 3.8) is 0 Å². The molecule has 1 aromatic heterocycles. The number of H-pyrrole nitrogens is 1. The Morgan fingerprint density at radius 3 is 2.40 bits per heavy atom. The Labute approximate surface area is 121 Å². The van der Waals surface area contributed by atoms with Crippen LogP contribution in [0, 0.1) is 0 Å². The molecule has 1 heterocycles. The number of rotatable bonds is 7. The lowest BCUT2D eigenvalue weighted by atomic mass is 9.99. The van der Waals surface area contributed by atoms with Crippen LogP contribution >= 0.6 is 0 Å². The highest BCUT2D eigenvalue weighted by atomic mass is 15.2. The molecule has 0 fully saturated rings. The molecule has 0 amide bonds. The number of hydrogen-bond donors (Lipinski definition) is 2. The van der Waals surface area contributed by atoms with Gasteiger partial charge < -0.3 is 5.32 Å². The van der Waals surface area contributed by atoms with Crippen LogP contribution in [0.15, 0.2) is 30.6 Å². The molecule has 1 unspecified atom stereocenters. The summed E-state index contributed by atoms with van der Waals surface area (Å²) in [7, 11) is 0. The second-order valence-electron chi connectivity index (χ2n) is 5.53. The zero-order chi connectivity index (χ0) is 14.4. The molecule has 2 rings (SSSR count). The van der Waals surface area contributed by atoms with Crippen molar-refractivity contribution in [1.29, 1.82) is 0 Å². The van der Waals surface area contributed by atoms with Crippen molar-refractivity contribution in [2.75, 3.05) is 6.54 Å². The van der Waals surface area contributed by atoms with E-state index in [-0.39, 0.29) is 0 Å². The van der Waals surface area contributed by atoms with Crippen LogP contribution in [0.5, 0.6) is 0 Å². The molecule has 0 spiro atoms. The summed E-state index contributed by atoms with van der Waals surface area (Å²) in [6, 6.07) is 9.29. The fourth-order valence-corrected chi connectivity index (χ4v) is 2.21. The molecule has 0 saturated heterocycles. The van der Waals surface area contributed by atoms with Crippen molar-refractivity contribution in [2.45, 2.75) is 45.6 Å². The molecular formula is C16H24N4. The molecule has 1 aromatic carbocycles. The van der Waals surface area contributed by atoms with Crippen LogP contribution in [-0.2, 0) is 6.42 Å². The van der Waals surface area contributed by atoms with E-state index >= 15 is 0 Å². The molecule has 0 bridgehead atoms. The summed E-state index contributed by atoms with van der Waals surface area (Å²) in [4.78, 5) is 4.12. The van der Waals surface area contributed by atoms with E-state index in [2.05, 4.69) is 65.5 Å². The molecule has 0 aliphatic rings. The normalized spacial score (nSPS) is 12.8. The predicted molar refractivity (Wildman–Crippen MR) is 81.7 cm³/mol. The summed E-state index contributed by atoms with van der Waals surface area (Å²) in [6.07, 6.45) is 3.55. The molecule has 2 aromatic rings. The molecule has 0 aliphatic carbocycles. The summed E-state index contributed by atoms with van der Waals surface area (Å²) < 4.78 is 0. The number of aryl methyl sites for hydroxylation is 1. The summed E-state index contributed by atoms with van der Waals surface area (Å²) in [5.74, 6) is 1.55. The van der Waals surface area contributed by atoms with Crippen LogP contribution in [0.3, 0.4) is 0 Å². The van der Waals surface area contributed by atoms with Gasteiger partial charge in [-0.1, -0.05) is 38.1 Å². The first kappa shape index (κ1) is 14.7. The Balaban J connectivity index is 1.75. The van der Waals surface area contributed by atoms with E-state index in [9.17, 15) is 0 Å². The Morgan fingerprint density at radius 1 is 1.10 bits per heavy atom. The minimum absolute atomic E-state index is 0.380. The Morgan fingerprint density at radius 2 is 1.80 bits per heavy atom. The summed E-state index contributed by atoms with van der Waals surface area (Å²) in [5, 5.41) is 10.3. The lowest BCUT2D eigenvalue weighted by molar-refractivity contribution is 0.554. The average molecular weight is 272 g/mol. The van der Waals surface area contributed by atoms with Gasteiger partial charge in [-0.2, -0.15) is 5.10 Å². The van der Waals surface area contributed by atoms with Crippen LogP contribution in [-0.4, -0.2) is 21.7 Å². The van der Waals surface area contributed by atoms with Crippen molar-refractivity contribution in [2.24, 2.45) is 0 Å². The van der Waals surface area contributed by atoms with Crippen molar-refractivity contribution >= 4 is 0 Å². The van der Waals surface area contributed by atoms with Gasteiger partial charge in [0.05, 0.1) is 0 Å². The van der Waals surface area contributed by atoms with E-state index in [0.717, 1.165) is 25.2 Å². The van der Waals surface area contributed by atoms with Crippen LogP contribution in [0.25, 0.3) is 0 Å². The third-order valence-corrected chi connectivity index (χ3v) is 3.61. The minimum Gasteiger partial charge on any atom is -0.310 e. The van der Waals surface area contributed by atoms with Gasteiger partial charge in [0, 0.05) is 12.5 Å². The van der Waals surface area contributed by atoms with Gasteiger partial charge in [0.15, 0.2) is 0 Å². The van der Waals surface area contributed by atoms with Crippen LogP contribution < -0.4 is 5.32 Å². The number of aromatic nitrogens is 3. The number of benzene rings is 1. The standard InChI is InChI=1S/C16H24N4/c1-12(2)14-6-8-15(9-7-14)13(3)17-10-4-5-16-18-11-19-20-16/h6-9,11-13,17H,4-5,10H2,1-3H3,(H,18,19,20). The van der Waals surface area contributed by atoms with Gasteiger partial charge >= 0.3 is 0 Å². The second-order valence-corrected chi connectivity index (χ2v) is 5.53. The van der Waals surface area contributed by atoms with E-state index in [1.165, 1.54) is 11.1 Å². The Hall–Kier alpha value is -1.68. The molecule has 0 radical (unpaired) electrons. The summed E-state index contributed by atoms with van der Waals surface area (Å²) >= 11 is 0. The van der Waals surface area contributed by atoms with Gasteiger partial charge in [-0.25, -0.2) is 4.98 Å². The molecule has 0 saturated carbocycles. The monoisotopic (exact) mass is 272 g/mol. The Kier molecular flexibility index (Phi) is 5.30. The van der Waals surface area contributed by atoms with Gasteiger partial charge in [0.1, 0.15) is 12.2 Å². The fraction of sp³-hybridized carbons (Fsp3) is 0.500. The van der Waals surface area contributed by atoms with E-state index in [4.69, 9.17) is 0 Å². The SMILES string of the molecule is CC(C)c1ccc(C(C)NCCCc2ncn[nH]2)cc1. The zero-order valence-electron chi connectivity index (χ0n) is 12.6. The van der Waals surface area contributed by atoms with Crippen molar-refractivity contribution in [3.8, 4) is 0 Å². The fourth-order valence-electron chi connectivity index (χ4n) is 2.21. The van der Waals surface area contributed by atoms with Gasteiger partial charge in [0.25, 0.3) is 0 Å². The highest BCUT2D eigenvalue weighted by molar-refractivity contribution is 5.26. The van der Waals surface area contributed by atoms with Crippen LogP contribution in [0.1, 0.15) is 56.1 Å². The maximum Gasteiger partial charge on any atom is 0.137 e. The van der Waals surface area contributed by atoms with E-state index in [0.29, 0.717) is 12.0 Å². The third-order valence-electron chi connectivity index (χ3n) is 3.61. The molecule has 108 valence electrons. The number of nitrogens with zero attached hydrogens (tertiary/aromatic N) is 2. The number of aromatic amines is 1. The highest BCUT2D eigenvalue weighted by Gasteiger charge is 2.05. The largest absolute Gasteiger partial charge is 0.310 e. The molecule has 20 heavy (non-hydrogen) atoms. The van der Waals surface area contributed by atoms with Gasteiger partial charge in [-0.15, -0.1) is 0 Å². The average Bonchev–Trinajstić information content (AvgIpc) is 2.96. The smallest absolute Gasteiger partial charge is 0.137 e. The molecule has 1 atom stereocenters. The second kappa shape index (κ2) is 7.20.